The fourth-order valence-corrected chi connectivity index (χ4v) is 3.02. The molecule has 1 N–H and O–H groups in total. The maximum absolute atomic E-state index is 13.2. The zero-order chi connectivity index (χ0) is 12.8. The normalized spacial score (nSPS) is 18.1. The number of anilines is 1. The summed E-state index contributed by atoms with van der Waals surface area (Å²) >= 11 is 3.45. The third kappa shape index (κ3) is 4.27. The molecule has 100 valence electrons. The van der Waals surface area contributed by atoms with Gasteiger partial charge in [-0.25, -0.2) is 4.39 Å². The highest BCUT2D eigenvalue weighted by molar-refractivity contribution is 9.10. The van der Waals surface area contributed by atoms with Crippen molar-refractivity contribution in [2.75, 3.05) is 11.9 Å². The molecule has 2 rings (SSSR count). The van der Waals surface area contributed by atoms with E-state index in [-0.39, 0.29) is 5.82 Å². The standard InChI is InChI=1S/C15H21BrFN/c16-14-9-8-13(17)10-15(14)18-11-12-6-4-2-1-3-5-7-12/h8-10,12,18H,1-7,11H2. The second kappa shape index (κ2) is 7.13. The topological polar surface area (TPSA) is 12.0 Å². The van der Waals surface area contributed by atoms with Crippen LogP contribution >= 0.6 is 15.9 Å². The minimum atomic E-state index is -0.182. The van der Waals surface area contributed by atoms with Crippen molar-refractivity contribution in [2.24, 2.45) is 5.92 Å². The van der Waals surface area contributed by atoms with Crippen molar-refractivity contribution in [3.8, 4) is 0 Å². The lowest BCUT2D eigenvalue weighted by molar-refractivity contribution is 0.392. The van der Waals surface area contributed by atoms with Gasteiger partial charge in [-0.3, -0.25) is 0 Å². The predicted octanol–water partition coefficient (Wildman–Crippen LogP) is 5.36. The Hall–Kier alpha value is -0.570. The number of halogens is 2. The van der Waals surface area contributed by atoms with E-state index in [2.05, 4.69) is 21.2 Å². The first-order valence-electron chi connectivity index (χ1n) is 6.94. The van der Waals surface area contributed by atoms with Gasteiger partial charge in [0.15, 0.2) is 0 Å². The molecule has 1 aromatic rings. The molecule has 0 atom stereocenters. The summed E-state index contributed by atoms with van der Waals surface area (Å²) in [5, 5.41) is 3.38. The van der Waals surface area contributed by atoms with Crippen LogP contribution in [-0.2, 0) is 0 Å². The van der Waals surface area contributed by atoms with Crippen LogP contribution in [0.4, 0.5) is 10.1 Å². The van der Waals surface area contributed by atoms with Gasteiger partial charge in [-0.05, 0) is 52.9 Å². The maximum atomic E-state index is 13.2. The van der Waals surface area contributed by atoms with E-state index in [0.717, 1.165) is 22.6 Å². The molecule has 0 bridgehead atoms. The Balaban J connectivity index is 1.87. The molecular weight excluding hydrogens is 293 g/mol. The Morgan fingerprint density at radius 1 is 1.11 bits per heavy atom. The SMILES string of the molecule is Fc1ccc(Br)c(NCC2CCCCCCC2)c1. The van der Waals surface area contributed by atoms with Gasteiger partial charge in [-0.1, -0.05) is 32.1 Å². The van der Waals surface area contributed by atoms with Crippen LogP contribution in [0.5, 0.6) is 0 Å². The number of benzene rings is 1. The molecule has 18 heavy (non-hydrogen) atoms. The van der Waals surface area contributed by atoms with Crippen molar-refractivity contribution < 1.29 is 4.39 Å². The summed E-state index contributed by atoms with van der Waals surface area (Å²) in [4.78, 5) is 0. The molecule has 1 nitrogen and oxygen atoms in total. The van der Waals surface area contributed by atoms with E-state index in [1.165, 1.54) is 51.0 Å². The number of hydrogen-bond donors (Lipinski definition) is 1. The number of nitrogens with one attached hydrogen (secondary N) is 1. The fraction of sp³-hybridized carbons (Fsp3) is 0.600. The monoisotopic (exact) mass is 313 g/mol. The Bertz CT molecular complexity index is 373. The molecule has 0 aliphatic heterocycles. The van der Waals surface area contributed by atoms with Crippen molar-refractivity contribution in [2.45, 2.75) is 44.9 Å². The van der Waals surface area contributed by atoms with E-state index in [0.29, 0.717) is 0 Å². The van der Waals surface area contributed by atoms with Gasteiger partial charge in [0.1, 0.15) is 5.82 Å². The van der Waals surface area contributed by atoms with Gasteiger partial charge in [0.2, 0.25) is 0 Å². The first-order valence-corrected chi connectivity index (χ1v) is 7.74. The van der Waals surface area contributed by atoms with E-state index in [9.17, 15) is 4.39 Å². The van der Waals surface area contributed by atoms with Crippen molar-refractivity contribution in [3.63, 3.8) is 0 Å². The summed E-state index contributed by atoms with van der Waals surface area (Å²) in [6, 6.07) is 4.80. The van der Waals surface area contributed by atoms with Crippen LogP contribution in [-0.4, -0.2) is 6.54 Å². The fourth-order valence-electron chi connectivity index (χ4n) is 2.63. The van der Waals surface area contributed by atoms with E-state index in [1.54, 1.807) is 12.1 Å². The molecule has 0 saturated heterocycles. The summed E-state index contributed by atoms with van der Waals surface area (Å²) in [5.41, 5.74) is 0.872. The van der Waals surface area contributed by atoms with Crippen LogP contribution in [0.2, 0.25) is 0 Å². The van der Waals surface area contributed by atoms with E-state index < -0.39 is 0 Å². The second-order valence-corrected chi connectivity index (χ2v) is 6.07. The maximum Gasteiger partial charge on any atom is 0.125 e. The molecule has 0 spiro atoms. The largest absolute Gasteiger partial charge is 0.384 e. The summed E-state index contributed by atoms with van der Waals surface area (Å²) < 4.78 is 14.1. The molecule has 1 aliphatic carbocycles. The summed E-state index contributed by atoms with van der Waals surface area (Å²) in [7, 11) is 0. The molecule has 1 aliphatic rings. The van der Waals surface area contributed by atoms with E-state index in [4.69, 9.17) is 0 Å². The first-order chi connectivity index (χ1) is 8.75. The van der Waals surface area contributed by atoms with Gasteiger partial charge in [0.25, 0.3) is 0 Å². The lowest BCUT2D eigenvalue weighted by Crippen LogP contribution is -2.16. The highest BCUT2D eigenvalue weighted by Gasteiger charge is 2.11. The van der Waals surface area contributed by atoms with Gasteiger partial charge in [0, 0.05) is 11.0 Å². The first kappa shape index (κ1) is 13.9. The van der Waals surface area contributed by atoms with E-state index >= 15 is 0 Å². The average Bonchev–Trinajstić information content (AvgIpc) is 2.32. The highest BCUT2D eigenvalue weighted by atomic mass is 79.9. The van der Waals surface area contributed by atoms with Crippen molar-refractivity contribution >= 4 is 21.6 Å². The molecule has 0 heterocycles. The molecule has 0 unspecified atom stereocenters. The Morgan fingerprint density at radius 3 is 2.50 bits per heavy atom. The smallest absolute Gasteiger partial charge is 0.125 e. The second-order valence-electron chi connectivity index (χ2n) is 5.22. The van der Waals surface area contributed by atoms with Gasteiger partial charge in [-0.15, -0.1) is 0 Å². The minimum absolute atomic E-state index is 0.182. The third-order valence-corrected chi connectivity index (χ3v) is 4.43. The molecule has 0 aromatic heterocycles. The predicted molar refractivity (Wildman–Crippen MR) is 78.4 cm³/mol. The van der Waals surface area contributed by atoms with Crippen molar-refractivity contribution in [3.05, 3.63) is 28.5 Å². The molecular formula is C15H21BrFN. The van der Waals surface area contributed by atoms with Gasteiger partial charge in [-0.2, -0.15) is 0 Å². The Kier molecular flexibility index (Phi) is 5.48. The zero-order valence-corrected chi connectivity index (χ0v) is 12.3. The van der Waals surface area contributed by atoms with Crippen LogP contribution in [0, 0.1) is 11.7 Å². The van der Waals surface area contributed by atoms with Crippen molar-refractivity contribution in [1.82, 2.24) is 0 Å². The quantitative estimate of drug-likeness (QED) is 0.792. The Morgan fingerprint density at radius 2 is 1.78 bits per heavy atom. The molecule has 1 saturated carbocycles. The van der Waals surface area contributed by atoms with Crippen LogP contribution in [0.3, 0.4) is 0 Å². The van der Waals surface area contributed by atoms with Crippen LogP contribution in [0.1, 0.15) is 44.9 Å². The zero-order valence-electron chi connectivity index (χ0n) is 10.7. The number of hydrogen-bond acceptors (Lipinski definition) is 1. The molecule has 1 aromatic carbocycles. The van der Waals surface area contributed by atoms with Gasteiger partial charge < -0.3 is 5.32 Å². The Labute approximate surface area is 117 Å². The average molecular weight is 314 g/mol. The lowest BCUT2D eigenvalue weighted by Gasteiger charge is -2.21. The number of rotatable bonds is 3. The van der Waals surface area contributed by atoms with E-state index in [1.807, 2.05) is 0 Å². The summed E-state index contributed by atoms with van der Waals surface area (Å²) in [6.45, 7) is 0.960. The van der Waals surface area contributed by atoms with Crippen LogP contribution in [0.15, 0.2) is 22.7 Å². The highest BCUT2D eigenvalue weighted by Crippen LogP contribution is 2.26. The summed E-state index contributed by atoms with van der Waals surface area (Å²) in [6.07, 6.45) is 9.45. The summed E-state index contributed by atoms with van der Waals surface area (Å²) in [5.74, 6) is 0.554. The lowest BCUT2D eigenvalue weighted by atomic mass is 9.91. The molecule has 0 radical (unpaired) electrons. The van der Waals surface area contributed by atoms with Crippen LogP contribution < -0.4 is 5.32 Å². The van der Waals surface area contributed by atoms with Crippen LogP contribution in [0.25, 0.3) is 0 Å². The third-order valence-electron chi connectivity index (χ3n) is 3.73. The molecule has 1 fully saturated rings. The van der Waals surface area contributed by atoms with Gasteiger partial charge >= 0.3 is 0 Å². The van der Waals surface area contributed by atoms with Gasteiger partial charge in [0.05, 0.1) is 5.69 Å². The van der Waals surface area contributed by atoms with Crippen molar-refractivity contribution in [1.29, 1.82) is 0 Å². The minimum Gasteiger partial charge on any atom is -0.384 e. The molecule has 3 heteroatoms. The molecule has 0 amide bonds.